The van der Waals surface area contributed by atoms with Gasteiger partial charge in [-0.2, -0.15) is 0 Å². The highest BCUT2D eigenvalue weighted by atomic mass is 16.7. The first-order valence-electron chi connectivity index (χ1n) is 7.55. The van der Waals surface area contributed by atoms with Crippen LogP contribution in [0.2, 0.25) is 0 Å². The van der Waals surface area contributed by atoms with Crippen molar-refractivity contribution < 1.29 is 24.1 Å². The number of hydrogen-bond acceptors (Lipinski definition) is 8. The molecule has 0 aromatic heterocycles. The lowest BCUT2D eigenvalue weighted by Gasteiger charge is -2.25. The molecule has 1 aromatic carbocycles. The van der Waals surface area contributed by atoms with Gasteiger partial charge < -0.3 is 19.1 Å². The van der Waals surface area contributed by atoms with Gasteiger partial charge in [0.15, 0.2) is 12.0 Å². The van der Waals surface area contributed by atoms with Crippen molar-refractivity contribution >= 4 is 17.1 Å². The van der Waals surface area contributed by atoms with E-state index in [1.165, 1.54) is 17.0 Å². The second-order valence-electron chi connectivity index (χ2n) is 4.97. The highest BCUT2D eigenvalue weighted by Gasteiger charge is 2.33. The molecule has 0 bridgehead atoms. The van der Waals surface area contributed by atoms with Crippen molar-refractivity contribution in [2.24, 2.45) is 0 Å². The quantitative estimate of drug-likeness (QED) is 0.521. The fourth-order valence-corrected chi connectivity index (χ4v) is 2.50. The standard InChI is InChI=1S/C14H19N3O7/c1-3-15(9-13-23-5-6-24-13)14-11(16(18)19)7-10(22-4-2)8-12(14)17(20)21/h7-8,13H,3-6,9H2,1-2H3. The summed E-state index contributed by atoms with van der Waals surface area (Å²) < 4.78 is 15.9. The molecule has 0 radical (unpaired) electrons. The molecule has 0 amide bonds. The molecule has 0 saturated carbocycles. The first kappa shape index (κ1) is 17.9. The number of benzene rings is 1. The third kappa shape index (κ3) is 3.89. The predicted octanol–water partition coefficient (Wildman–Crippen LogP) is 2.10. The minimum atomic E-state index is -0.649. The van der Waals surface area contributed by atoms with Crippen LogP contribution in [-0.4, -0.2) is 49.0 Å². The van der Waals surface area contributed by atoms with Crippen molar-refractivity contribution in [1.29, 1.82) is 0 Å². The molecule has 0 unspecified atom stereocenters. The Bertz CT molecular complexity index is 581. The van der Waals surface area contributed by atoms with Crippen molar-refractivity contribution in [2.75, 3.05) is 37.8 Å². The average Bonchev–Trinajstić information content (AvgIpc) is 3.05. The maximum Gasteiger partial charge on any atom is 0.303 e. The molecule has 1 saturated heterocycles. The normalized spacial score (nSPS) is 14.6. The van der Waals surface area contributed by atoms with E-state index < -0.39 is 16.1 Å². The van der Waals surface area contributed by atoms with E-state index in [1.54, 1.807) is 13.8 Å². The molecule has 0 spiro atoms. The summed E-state index contributed by atoms with van der Waals surface area (Å²) in [5, 5.41) is 22.9. The van der Waals surface area contributed by atoms with Crippen LogP contribution in [-0.2, 0) is 9.47 Å². The van der Waals surface area contributed by atoms with Crippen LogP contribution >= 0.6 is 0 Å². The summed E-state index contributed by atoms with van der Waals surface area (Å²) in [7, 11) is 0. The smallest absolute Gasteiger partial charge is 0.303 e. The van der Waals surface area contributed by atoms with Crippen molar-refractivity contribution in [3.05, 3.63) is 32.4 Å². The molecule has 1 aliphatic heterocycles. The summed E-state index contributed by atoms with van der Waals surface area (Å²) in [6, 6.07) is 2.40. The molecule has 1 heterocycles. The zero-order valence-electron chi connectivity index (χ0n) is 13.5. The number of ether oxygens (including phenoxy) is 3. The van der Waals surface area contributed by atoms with Gasteiger partial charge >= 0.3 is 11.4 Å². The van der Waals surface area contributed by atoms with Crippen molar-refractivity contribution in [3.8, 4) is 5.75 Å². The van der Waals surface area contributed by atoms with Crippen LogP contribution in [0.4, 0.5) is 17.1 Å². The van der Waals surface area contributed by atoms with E-state index >= 15 is 0 Å². The molecule has 10 heteroatoms. The predicted molar refractivity (Wildman–Crippen MR) is 84.5 cm³/mol. The van der Waals surface area contributed by atoms with Crippen LogP contribution in [0.15, 0.2) is 12.1 Å². The lowest BCUT2D eigenvalue weighted by atomic mass is 10.2. The van der Waals surface area contributed by atoms with Gasteiger partial charge in [-0.05, 0) is 13.8 Å². The molecule has 1 aromatic rings. The lowest BCUT2D eigenvalue weighted by Crippen LogP contribution is -2.33. The number of nitro benzene ring substituents is 2. The summed E-state index contributed by atoms with van der Waals surface area (Å²) >= 11 is 0. The van der Waals surface area contributed by atoms with Gasteiger partial charge in [-0.3, -0.25) is 20.2 Å². The van der Waals surface area contributed by atoms with E-state index in [2.05, 4.69) is 0 Å². The zero-order chi connectivity index (χ0) is 17.7. The molecule has 132 valence electrons. The van der Waals surface area contributed by atoms with Gasteiger partial charge in [-0.25, -0.2) is 0 Å². The Morgan fingerprint density at radius 3 is 2.12 bits per heavy atom. The van der Waals surface area contributed by atoms with E-state index in [4.69, 9.17) is 14.2 Å². The van der Waals surface area contributed by atoms with Crippen molar-refractivity contribution in [2.45, 2.75) is 20.1 Å². The summed E-state index contributed by atoms with van der Waals surface area (Å²) in [6.07, 6.45) is -0.573. The fourth-order valence-electron chi connectivity index (χ4n) is 2.50. The average molecular weight is 341 g/mol. The molecule has 0 aliphatic carbocycles. The molecular weight excluding hydrogens is 322 g/mol. The van der Waals surface area contributed by atoms with E-state index in [0.717, 1.165) is 0 Å². The SMILES string of the molecule is CCOc1cc([N+](=O)[O-])c(N(CC)CC2OCCO2)c([N+](=O)[O-])c1. The summed E-state index contributed by atoms with van der Waals surface area (Å²) in [5.74, 6) is 0.0871. The van der Waals surface area contributed by atoms with Gasteiger partial charge in [0.25, 0.3) is 0 Å². The summed E-state index contributed by atoms with van der Waals surface area (Å²) in [6.45, 7) is 5.02. The van der Waals surface area contributed by atoms with E-state index in [1.807, 2.05) is 0 Å². The Hall–Kier alpha value is -2.46. The maximum absolute atomic E-state index is 11.4. The number of rotatable bonds is 8. The molecule has 2 rings (SSSR count). The van der Waals surface area contributed by atoms with Gasteiger partial charge in [0, 0.05) is 6.54 Å². The zero-order valence-corrected chi connectivity index (χ0v) is 13.5. The number of hydrogen-bond donors (Lipinski definition) is 0. The van der Waals surface area contributed by atoms with Crippen LogP contribution in [0.5, 0.6) is 5.75 Å². The van der Waals surface area contributed by atoms with Gasteiger partial charge in [0.05, 0.1) is 48.3 Å². The first-order chi connectivity index (χ1) is 11.5. The molecular formula is C14H19N3O7. The van der Waals surface area contributed by atoms with Crippen LogP contribution < -0.4 is 9.64 Å². The topological polar surface area (TPSA) is 117 Å². The third-order valence-corrected chi connectivity index (χ3v) is 3.51. The van der Waals surface area contributed by atoms with Gasteiger partial charge in [0.1, 0.15) is 5.75 Å². The van der Waals surface area contributed by atoms with Crippen LogP contribution in [0, 0.1) is 20.2 Å². The minimum Gasteiger partial charge on any atom is -0.493 e. The maximum atomic E-state index is 11.4. The van der Waals surface area contributed by atoms with Gasteiger partial charge in [0.2, 0.25) is 0 Å². The van der Waals surface area contributed by atoms with Crippen molar-refractivity contribution in [1.82, 2.24) is 0 Å². The number of nitro groups is 2. The fraction of sp³-hybridized carbons (Fsp3) is 0.571. The lowest BCUT2D eigenvalue weighted by molar-refractivity contribution is -0.392. The molecule has 0 N–H and O–H groups in total. The van der Waals surface area contributed by atoms with Gasteiger partial charge in [-0.15, -0.1) is 0 Å². The second-order valence-corrected chi connectivity index (χ2v) is 4.97. The highest BCUT2D eigenvalue weighted by molar-refractivity contribution is 5.77. The van der Waals surface area contributed by atoms with E-state index in [9.17, 15) is 20.2 Å². The van der Waals surface area contributed by atoms with E-state index in [0.29, 0.717) is 19.8 Å². The molecule has 0 atom stereocenters. The molecule has 24 heavy (non-hydrogen) atoms. The Morgan fingerprint density at radius 2 is 1.71 bits per heavy atom. The van der Waals surface area contributed by atoms with Crippen LogP contribution in [0.25, 0.3) is 0 Å². The Morgan fingerprint density at radius 1 is 1.17 bits per heavy atom. The Balaban J connectivity index is 2.50. The summed E-state index contributed by atoms with van der Waals surface area (Å²) in [4.78, 5) is 23.1. The van der Waals surface area contributed by atoms with E-state index in [-0.39, 0.29) is 36.0 Å². The molecule has 1 fully saturated rings. The first-order valence-corrected chi connectivity index (χ1v) is 7.55. The van der Waals surface area contributed by atoms with Crippen LogP contribution in [0.1, 0.15) is 13.8 Å². The highest BCUT2D eigenvalue weighted by Crippen LogP contribution is 2.41. The summed E-state index contributed by atoms with van der Waals surface area (Å²) in [5.41, 5.74) is -0.838. The minimum absolute atomic E-state index is 0.0740. The third-order valence-electron chi connectivity index (χ3n) is 3.51. The number of anilines is 1. The number of likely N-dealkylation sites (N-methyl/N-ethyl adjacent to an activating group) is 1. The largest absolute Gasteiger partial charge is 0.493 e. The van der Waals surface area contributed by atoms with Crippen molar-refractivity contribution in [3.63, 3.8) is 0 Å². The monoisotopic (exact) mass is 341 g/mol. The van der Waals surface area contributed by atoms with Crippen LogP contribution in [0.3, 0.4) is 0 Å². The Labute approximate surface area is 138 Å². The number of nitrogens with zero attached hydrogens (tertiary/aromatic N) is 3. The molecule has 1 aliphatic rings. The second kappa shape index (κ2) is 7.88. The van der Waals surface area contributed by atoms with Gasteiger partial charge in [-0.1, -0.05) is 0 Å². The molecule has 10 nitrogen and oxygen atoms in total. The Kier molecular flexibility index (Phi) is 5.88.